The summed E-state index contributed by atoms with van der Waals surface area (Å²) < 4.78 is 26.3. The zero-order valence-corrected chi connectivity index (χ0v) is 14.4. The van der Waals surface area contributed by atoms with Gasteiger partial charge < -0.3 is 10.3 Å². The molecule has 0 bridgehead atoms. The van der Waals surface area contributed by atoms with E-state index in [0.29, 0.717) is 22.7 Å². The fourth-order valence-corrected chi connectivity index (χ4v) is 3.00. The molecule has 2 rings (SSSR count). The van der Waals surface area contributed by atoms with Crippen LogP contribution < -0.4 is 10.9 Å². The third-order valence-corrected chi connectivity index (χ3v) is 4.55. The van der Waals surface area contributed by atoms with E-state index < -0.39 is 17.5 Å². The van der Waals surface area contributed by atoms with Crippen molar-refractivity contribution in [2.24, 2.45) is 0 Å². The van der Waals surface area contributed by atoms with Crippen molar-refractivity contribution in [3.63, 3.8) is 0 Å². The fourth-order valence-electron chi connectivity index (χ4n) is 1.74. The molecule has 0 aliphatic carbocycles. The lowest BCUT2D eigenvalue weighted by Crippen LogP contribution is -2.16. The summed E-state index contributed by atoms with van der Waals surface area (Å²) in [5, 5.41) is 2.67. The molecule has 128 valence electrons. The van der Waals surface area contributed by atoms with Gasteiger partial charge in [0.15, 0.2) is 5.16 Å². The lowest BCUT2D eigenvalue weighted by molar-refractivity contribution is -0.113. The number of nitrogens with one attached hydrogen (secondary N) is 2. The summed E-state index contributed by atoms with van der Waals surface area (Å²) in [5.74, 6) is -0.600. The van der Waals surface area contributed by atoms with Gasteiger partial charge in [-0.05, 0) is 17.9 Å². The number of nitrogens with zero attached hydrogens (tertiary/aromatic N) is 1. The number of H-pyrrole nitrogens is 1. The first-order valence-electron chi connectivity index (χ1n) is 7.03. The van der Waals surface area contributed by atoms with E-state index in [-0.39, 0.29) is 17.0 Å². The van der Waals surface area contributed by atoms with Crippen molar-refractivity contribution >= 4 is 35.1 Å². The Hall–Kier alpha value is -1.87. The smallest absolute Gasteiger partial charge is 0.251 e. The van der Waals surface area contributed by atoms with E-state index in [2.05, 4.69) is 15.3 Å². The molecule has 5 nitrogen and oxygen atoms in total. The van der Waals surface area contributed by atoms with E-state index in [4.69, 9.17) is 0 Å². The molecule has 0 saturated carbocycles. The minimum atomic E-state index is -0.849. The summed E-state index contributed by atoms with van der Waals surface area (Å²) in [4.78, 5) is 30.2. The van der Waals surface area contributed by atoms with Crippen LogP contribution in [0.1, 0.15) is 12.6 Å². The van der Waals surface area contributed by atoms with Crippen molar-refractivity contribution in [2.45, 2.75) is 17.8 Å². The minimum absolute atomic E-state index is 0.0653. The van der Waals surface area contributed by atoms with Crippen LogP contribution in [0.4, 0.5) is 14.5 Å². The number of carbonyl (C=O) groups is 1. The maximum atomic E-state index is 13.5. The second-order valence-electron chi connectivity index (χ2n) is 4.64. The molecule has 0 saturated heterocycles. The van der Waals surface area contributed by atoms with Crippen molar-refractivity contribution in [2.75, 3.05) is 16.8 Å². The number of aromatic nitrogens is 2. The maximum Gasteiger partial charge on any atom is 0.251 e. The van der Waals surface area contributed by atoms with Crippen molar-refractivity contribution in [1.29, 1.82) is 0 Å². The molecule has 1 heterocycles. The van der Waals surface area contributed by atoms with E-state index in [0.717, 1.165) is 29.6 Å². The predicted octanol–water partition coefficient (Wildman–Crippen LogP) is 3.03. The molecule has 0 spiro atoms. The number of anilines is 1. The topological polar surface area (TPSA) is 74.8 Å². The fraction of sp³-hybridized carbons (Fsp3) is 0.267. The summed E-state index contributed by atoms with van der Waals surface area (Å²) in [6.45, 7) is 2.01. The van der Waals surface area contributed by atoms with Crippen LogP contribution in [0.2, 0.25) is 0 Å². The van der Waals surface area contributed by atoms with Gasteiger partial charge in [0, 0.05) is 17.9 Å². The van der Waals surface area contributed by atoms with Crippen LogP contribution in [0.15, 0.2) is 34.2 Å². The van der Waals surface area contributed by atoms with Crippen LogP contribution in [-0.2, 0) is 10.5 Å². The Morgan fingerprint density at radius 1 is 1.33 bits per heavy atom. The molecule has 0 radical (unpaired) electrons. The monoisotopic (exact) mass is 371 g/mol. The van der Waals surface area contributed by atoms with Crippen molar-refractivity contribution < 1.29 is 13.6 Å². The number of thioether (sulfide) groups is 2. The number of hydrogen-bond donors (Lipinski definition) is 2. The molecule has 0 atom stereocenters. The minimum Gasteiger partial charge on any atom is -0.323 e. The molecule has 1 aromatic heterocycles. The van der Waals surface area contributed by atoms with Crippen molar-refractivity contribution in [3.8, 4) is 0 Å². The number of halogens is 2. The third kappa shape index (κ3) is 5.64. The second-order valence-corrected chi connectivity index (χ2v) is 6.88. The summed E-state index contributed by atoms with van der Waals surface area (Å²) in [6.07, 6.45) is 0. The normalized spacial score (nSPS) is 10.6. The zero-order valence-electron chi connectivity index (χ0n) is 12.8. The van der Waals surface area contributed by atoms with E-state index in [1.807, 2.05) is 6.92 Å². The highest BCUT2D eigenvalue weighted by Crippen LogP contribution is 2.17. The molecule has 9 heteroatoms. The average molecular weight is 371 g/mol. The van der Waals surface area contributed by atoms with Gasteiger partial charge in [0.25, 0.3) is 5.56 Å². The summed E-state index contributed by atoms with van der Waals surface area (Å²) in [6, 6.07) is 4.31. The number of aromatic amines is 1. The van der Waals surface area contributed by atoms with Gasteiger partial charge in [-0.15, -0.1) is 0 Å². The van der Waals surface area contributed by atoms with Gasteiger partial charge in [-0.25, -0.2) is 13.8 Å². The molecule has 0 aliphatic heterocycles. The van der Waals surface area contributed by atoms with Crippen LogP contribution >= 0.6 is 23.5 Å². The Kier molecular flexibility index (Phi) is 6.80. The molecule has 0 fully saturated rings. The Morgan fingerprint density at radius 2 is 2.12 bits per heavy atom. The molecule has 2 N–H and O–H groups in total. The van der Waals surface area contributed by atoms with E-state index in [1.54, 1.807) is 11.8 Å². The lowest BCUT2D eigenvalue weighted by Gasteiger charge is -2.06. The molecule has 2 aromatic rings. The highest BCUT2D eigenvalue weighted by Gasteiger charge is 2.10. The maximum absolute atomic E-state index is 13.5. The molecule has 0 aliphatic rings. The second kappa shape index (κ2) is 8.84. The lowest BCUT2D eigenvalue weighted by atomic mass is 10.3. The van der Waals surface area contributed by atoms with Gasteiger partial charge in [-0.3, -0.25) is 9.59 Å². The van der Waals surface area contributed by atoms with Crippen LogP contribution in [0, 0.1) is 11.6 Å². The first kappa shape index (κ1) is 18.5. The molecule has 1 amide bonds. The summed E-state index contributed by atoms with van der Waals surface area (Å²) >= 11 is 2.67. The number of amides is 1. The van der Waals surface area contributed by atoms with Crippen molar-refractivity contribution in [1.82, 2.24) is 9.97 Å². The predicted molar refractivity (Wildman–Crippen MR) is 92.4 cm³/mol. The third-order valence-electron chi connectivity index (χ3n) is 2.77. The first-order valence-corrected chi connectivity index (χ1v) is 9.17. The largest absolute Gasteiger partial charge is 0.323 e. The number of carbonyl (C=O) groups excluding carboxylic acids is 1. The number of rotatable bonds is 7. The SMILES string of the molecule is CCSCc1cc(=O)[nH]c(SCC(=O)Nc2ccc(F)cc2F)n1. The summed E-state index contributed by atoms with van der Waals surface area (Å²) in [5.41, 5.74) is 0.249. The summed E-state index contributed by atoms with van der Waals surface area (Å²) in [7, 11) is 0. The van der Waals surface area contributed by atoms with Crippen LogP contribution in [0.3, 0.4) is 0 Å². The highest BCUT2D eigenvalue weighted by atomic mass is 32.2. The van der Waals surface area contributed by atoms with Gasteiger partial charge in [0.05, 0.1) is 17.1 Å². The quantitative estimate of drug-likeness (QED) is 0.578. The van der Waals surface area contributed by atoms with Crippen LogP contribution in [-0.4, -0.2) is 27.4 Å². The van der Waals surface area contributed by atoms with E-state index >= 15 is 0 Å². The Bertz CT molecular complexity index is 784. The molecular weight excluding hydrogens is 356 g/mol. The Labute approximate surface area is 145 Å². The number of benzene rings is 1. The zero-order chi connectivity index (χ0) is 17.5. The number of hydrogen-bond acceptors (Lipinski definition) is 5. The molecule has 0 unspecified atom stereocenters. The van der Waals surface area contributed by atoms with Gasteiger partial charge in [-0.2, -0.15) is 11.8 Å². The van der Waals surface area contributed by atoms with Gasteiger partial charge >= 0.3 is 0 Å². The van der Waals surface area contributed by atoms with Gasteiger partial charge in [0.2, 0.25) is 5.91 Å². The van der Waals surface area contributed by atoms with Gasteiger partial charge in [0.1, 0.15) is 11.6 Å². The molecule has 24 heavy (non-hydrogen) atoms. The Morgan fingerprint density at radius 3 is 2.83 bits per heavy atom. The van der Waals surface area contributed by atoms with E-state index in [9.17, 15) is 18.4 Å². The standard InChI is InChI=1S/C15H15F2N3O2S2/c1-2-23-7-10-6-13(21)20-15(18-10)24-8-14(22)19-12-4-3-9(16)5-11(12)17/h3-6H,2,7-8H2,1H3,(H,19,22)(H,18,20,21). The molecule has 1 aromatic carbocycles. The highest BCUT2D eigenvalue weighted by molar-refractivity contribution is 7.99. The van der Waals surface area contributed by atoms with E-state index in [1.165, 1.54) is 6.07 Å². The molecular formula is C15H15F2N3O2S2. The first-order chi connectivity index (χ1) is 11.5. The van der Waals surface area contributed by atoms with Crippen LogP contribution in [0.25, 0.3) is 0 Å². The van der Waals surface area contributed by atoms with Crippen molar-refractivity contribution in [3.05, 3.63) is 51.9 Å². The van der Waals surface area contributed by atoms with Crippen LogP contribution in [0.5, 0.6) is 0 Å². The van der Waals surface area contributed by atoms with Gasteiger partial charge in [-0.1, -0.05) is 18.7 Å². The average Bonchev–Trinajstić information content (AvgIpc) is 2.53. The Balaban J connectivity index is 1.96.